The Hall–Kier alpha value is -2.15. The maximum atomic E-state index is 12.0. The Morgan fingerprint density at radius 1 is 1.22 bits per heavy atom. The van der Waals surface area contributed by atoms with Gasteiger partial charge in [-0.15, -0.1) is 0 Å². The molecular weight excluding hydrogens is 298 g/mol. The topological polar surface area (TPSA) is 92.9 Å². The summed E-state index contributed by atoms with van der Waals surface area (Å²) in [4.78, 5) is 19.9. The fourth-order valence-corrected chi connectivity index (χ4v) is 2.06. The number of anilines is 4. The van der Waals surface area contributed by atoms with E-state index >= 15 is 0 Å². The third kappa shape index (κ3) is 1.78. The summed E-state index contributed by atoms with van der Waals surface area (Å²) in [6, 6.07) is 5.52. The molecule has 90 valence electrons. The molecule has 0 saturated heterocycles. The van der Waals surface area contributed by atoms with Gasteiger partial charge in [0.2, 0.25) is 5.95 Å². The van der Waals surface area contributed by atoms with E-state index in [1.54, 1.807) is 0 Å². The van der Waals surface area contributed by atoms with Crippen LogP contribution in [0.4, 0.5) is 23.1 Å². The molecule has 1 aliphatic rings. The van der Waals surface area contributed by atoms with E-state index in [4.69, 9.17) is 5.73 Å². The lowest BCUT2D eigenvalue weighted by Crippen LogP contribution is -2.12. The Kier molecular flexibility index (Phi) is 2.41. The van der Waals surface area contributed by atoms with Crippen molar-refractivity contribution in [3.8, 4) is 0 Å². The minimum absolute atomic E-state index is 0.120. The summed E-state index contributed by atoms with van der Waals surface area (Å²) in [6.45, 7) is 0. The highest BCUT2D eigenvalue weighted by Crippen LogP contribution is 2.32. The number of nitrogen functional groups attached to an aromatic ring is 1. The summed E-state index contributed by atoms with van der Waals surface area (Å²) >= 11 is 3.36. The van der Waals surface area contributed by atoms with E-state index in [0.29, 0.717) is 17.1 Å². The van der Waals surface area contributed by atoms with Crippen LogP contribution in [0, 0.1) is 0 Å². The largest absolute Gasteiger partial charge is 0.368 e. The van der Waals surface area contributed by atoms with Crippen LogP contribution in [0.3, 0.4) is 0 Å². The number of nitrogens with zero attached hydrogens (tertiary/aromatic N) is 2. The lowest BCUT2D eigenvalue weighted by molar-refractivity contribution is 0.102. The molecule has 1 aromatic carbocycles. The number of fused-ring (bicyclic) bond motifs is 2. The van der Waals surface area contributed by atoms with Gasteiger partial charge in [-0.1, -0.05) is 15.9 Å². The van der Waals surface area contributed by atoms with Gasteiger partial charge in [0.1, 0.15) is 11.4 Å². The van der Waals surface area contributed by atoms with Gasteiger partial charge in [-0.05, 0) is 18.2 Å². The Balaban J connectivity index is 2.17. The SMILES string of the molecule is Nc1ncc2c(n1)Nc1ccc(Br)cc1NC2=O. The number of hydrogen-bond acceptors (Lipinski definition) is 5. The van der Waals surface area contributed by atoms with E-state index in [-0.39, 0.29) is 11.9 Å². The van der Waals surface area contributed by atoms with Crippen molar-refractivity contribution in [3.63, 3.8) is 0 Å². The predicted molar refractivity (Wildman–Crippen MR) is 71.8 cm³/mol. The fraction of sp³-hybridized carbons (Fsp3) is 0. The second kappa shape index (κ2) is 3.95. The zero-order chi connectivity index (χ0) is 12.7. The summed E-state index contributed by atoms with van der Waals surface area (Å²) in [7, 11) is 0. The third-order valence-electron chi connectivity index (χ3n) is 2.53. The molecule has 0 saturated carbocycles. The zero-order valence-electron chi connectivity index (χ0n) is 9.07. The van der Waals surface area contributed by atoms with Crippen LogP contribution >= 0.6 is 15.9 Å². The van der Waals surface area contributed by atoms with Crippen molar-refractivity contribution >= 4 is 45.0 Å². The monoisotopic (exact) mass is 305 g/mol. The quantitative estimate of drug-likeness (QED) is 0.693. The van der Waals surface area contributed by atoms with Crippen molar-refractivity contribution in [1.29, 1.82) is 0 Å². The number of hydrogen-bond donors (Lipinski definition) is 3. The van der Waals surface area contributed by atoms with E-state index in [2.05, 4.69) is 36.5 Å². The molecule has 6 nitrogen and oxygen atoms in total. The fourth-order valence-electron chi connectivity index (χ4n) is 1.70. The first kappa shape index (κ1) is 11.0. The molecule has 1 amide bonds. The molecule has 0 radical (unpaired) electrons. The van der Waals surface area contributed by atoms with Gasteiger partial charge in [0.05, 0.1) is 11.4 Å². The number of aromatic nitrogens is 2. The highest BCUT2D eigenvalue weighted by atomic mass is 79.9. The molecule has 0 aliphatic carbocycles. The van der Waals surface area contributed by atoms with E-state index in [9.17, 15) is 4.79 Å². The molecule has 1 aromatic heterocycles. The molecule has 2 heterocycles. The molecule has 2 aromatic rings. The number of rotatable bonds is 0. The summed E-state index contributed by atoms with van der Waals surface area (Å²) in [5, 5.41) is 5.85. The van der Waals surface area contributed by atoms with Gasteiger partial charge in [0.25, 0.3) is 5.91 Å². The van der Waals surface area contributed by atoms with Crippen molar-refractivity contribution in [1.82, 2.24) is 9.97 Å². The highest BCUT2D eigenvalue weighted by Gasteiger charge is 2.20. The molecule has 7 heteroatoms. The molecule has 0 spiro atoms. The standard InChI is InChI=1S/C11H8BrN5O/c12-5-1-2-7-8(3-5)16-10(18)6-4-14-11(13)17-9(6)15-7/h1-4H,(H,16,18)(H3,13,14,15,17). The van der Waals surface area contributed by atoms with Crippen LogP contribution in [0.25, 0.3) is 0 Å². The van der Waals surface area contributed by atoms with Crippen molar-refractivity contribution < 1.29 is 4.79 Å². The minimum atomic E-state index is -0.269. The van der Waals surface area contributed by atoms with Gasteiger partial charge >= 0.3 is 0 Å². The second-order valence-corrected chi connectivity index (χ2v) is 4.68. The van der Waals surface area contributed by atoms with Crippen LogP contribution in [0.2, 0.25) is 0 Å². The number of benzene rings is 1. The maximum Gasteiger partial charge on any atom is 0.261 e. The Morgan fingerprint density at radius 3 is 2.89 bits per heavy atom. The zero-order valence-corrected chi connectivity index (χ0v) is 10.7. The number of nitrogens with two attached hydrogens (primary N) is 1. The molecule has 1 aliphatic heterocycles. The van der Waals surface area contributed by atoms with E-state index in [0.717, 1.165) is 10.2 Å². The molecule has 18 heavy (non-hydrogen) atoms. The van der Waals surface area contributed by atoms with Crippen LogP contribution in [-0.2, 0) is 0 Å². The Bertz CT molecular complexity index is 658. The number of amides is 1. The predicted octanol–water partition coefficient (Wildman–Crippen LogP) is 2.13. The van der Waals surface area contributed by atoms with Gasteiger partial charge in [-0.2, -0.15) is 4.98 Å². The van der Waals surface area contributed by atoms with Crippen LogP contribution in [0.5, 0.6) is 0 Å². The summed E-state index contributed by atoms with van der Waals surface area (Å²) < 4.78 is 0.875. The number of halogens is 1. The molecule has 0 fully saturated rings. The summed E-state index contributed by atoms with van der Waals surface area (Å²) in [5.41, 5.74) is 7.30. The van der Waals surface area contributed by atoms with Crippen LogP contribution in [0.15, 0.2) is 28.9 Å². The van der Waals surface area contributed by atoms with E-state index < -0.39 is 0 Å². The number of carbonyl (C=O) groups is 1. The number of carbonyl (C=O) groups excluding carboxylic acids is 1. The second-order valence-electron chi connectivity index (χ2n) is 3.76. The van der Waals surface area contributed by atoms with Gasteiger partial charge in [0.15, 0.2) is 0 Å². The van der Waals surface area contributed by atoms with Crippen molar-refractivity contribution in [2.45, 2.75) is 0 Å². The first-order valence-electron chi connectivity index (χ1n) is 5.14. The smallest absolute Gasteiger partial charge is 0.261 e. The van der Waals surface area contributed by atoms with Crippen molar-refractivity contribution in [3.05, 3.63) is 34.4 Å². The average Bonchev–Trinajstić information content (AvgIpc) is 2.44. The van der Waals surface area contributed by atoms with Gasteiger partial charge in [-0.25, -0.2) is 4.98 Å². The lowest BCUT2D eigenvalue weighted by Gasteiger charge is -2.07. The Labute approximate surface area is 111 Å². The molecule has 0 unspecified atom stereocenters. The highest BCUT2D eigenvalue weighted by molar-refractivity contribution is 9.10. The van der Waals surface area contributed by atoms with Gasteiger partial charge in [0, 0.05) is 10.7 Å². The summed E-state index contributed by atoms with van der Waals surface area (Å²) in [6.07, 6.45) is 1.40. The average molecular weight is 306 g/mol. The van der Waals surface area contributed by atoms with Gasteiger partial charge < -0.3 is 16.4 Å². The minimum Gasteiger partial charge on any atom is -0.368 e. The van der Waals surface area contributed by atoms with Crippen molar-refractivity contribution in [2.75, 3.05) is 16.4 Å². The molecule has 0 atom stereocenters. The van der Waals surface area contributed by atoms with Crippen LogP contribution < -0.4 is 16.4 Å². The van der Waals surface area contributed by atoms with Crippen LogP contribution in [0.1, 0.15) is 10.4 Å². The van der Waals surface area contributed by atoms with E-state index in [1.165, 1.54) is 6.20 Å². The molecule has 0 bridgehead atoms. The number of nitrogens with one attached hydrogen (secondary N) is 2. The molecule has 4 N–H and O–H groups in total. The molecular formula is C11H8BrN5O. The first-order valence-corrected chi connectivity index (χ1v) is 5.93. The summed E-state index contributed by atoms with van der Waals surface area (Å²) in [5.74, 6) is 0.255. The first-order chi connectivity index (χ1) is 8.63. The normalized spacial score (nSPS) is 12.8. The molecule has 3 rings (SSSR count). The van der Waals surface area contributed by atoms with E-state index in [1.807, 2.05) is 18.2 Å². The lowest BCUT2D eigenvalue weighted by atomic mass is 10.2. The van der Waals surface area contributed by atoms with Crippen molar-refractivity contribution in [2.24, 2.45) is 0 Å². The third-order valence-corrected chi connectivity index (χ3v) is 3.03. The van der Waals surface area contributed by atoms with Gasteiger partial charge in [-0.3, -0.25) is 4.79 Å². The maximum absolute atomic E-state index is 12.0. The Morgan fingerprint density at radius 2 is 2.06 bits per heavy atom. The van der Waals surface area contributed by atoms with Crippen LogP contribution in [-0.4, -0.2) is 15.9 Å².